The summed E-state index contributed by atoms with van der Waals surface area (Å²) in [5.41, 5.74) is 0. The molecule has 3 unspecified atom stereocenters. The summed E-state index contributed by atoms with van der Waals surface area (Å²) in [6.07, 6.45) is 38.4. The Balaban J connectivity index is 3.73. The van der Waals surface area contributed by atoms with Gasteiger partial charge in [-0.2, -0.15) is 0 Å². The number of nitrogens with one attached hydrogen (secondary N) is 1. The monoisotopic (exact) mass is 608 g/mol. The van der Waals surface area contributed by atoms with E-state index in [-0.39, 0.29) is 12.5 Å². The number of carbonyl (C=O) groups is 1. The largest absolute Gasteiger partial charge is 0.394 e. The van der Waals surface area contributed by atoms with Crippen molar-refractivity contribution in [2.45, 2.75) is 205 Å². The first-order valence-corrected chi connectivity index (χ1v) is 18.6. The zero-order valence-electron chi connectivity index (χ0n) is 28.6. The van der Waals surface area contributed by atoms with E-state index in [2.05, 4.69) is 43.5 Å². The summed E-state index contributed by atoms with van der Waals surface area (Å²) in [7, 11) is 0. The highest BCUT2D eigenvalue weighted by Gasteiger charge is 2.26. The molecule has 0 aliphatic heterocycles. The van der Waals surface area contributed by atoms with E-state index >= 15 is 0 Å². The van der Waals surface area contributed by atoms with Crippen LogP contribution in [0.5, 0.6) is 0 Å². The van der Waals surface area contributed by atoms with Crippen LogP contribution in [0.4, 0.5) is 0 Å². The van der Waals surface area contributed by atoms with E-state index in [1.165, 1.54) is 116 Å². The molecule has 0 radical (unpaired) electrons. The van der Waals surface area contributed by atoms with E-state index in [0.717, 1.165) is 44.9 Å². The van der Waals surface area contributed by atoms with Crippen LogP contribution >= 0.6 is 0 Å². The summed E-state index contributed by atoms with van der Waals surface area (Å²) < 4.78 is 0. The second-order valence-electron chi connectivity index (χ2n) is 12.8. The Kier molecular flexibility index (Phi) is 32.8. The SMILES string of the molecule is CCCCCC/C=C/CC/C=C/CCCC(O)C(O)C(CO)NC(=O)CCCCCCCCCCCCCCCCCC. The zero-order valence-corrected chi connectivity index (χ0v) is 28.6. The van der Waals surface area contributed by atoms with Gasteiger partial charge in [0.2, 0.25) is 5.91 Å². The van der Waals surface area contributed by atoms with Gasteiger partial charge < -0.3 is 20.6 Å². The van der Waals surface area contributed by atoms with Crippen LogP contribution in [-0.2, 0) is 4.79 Å². The Morgan fingerprint density at radius 2 is 0.953 bits per heavy atom. The van der Waals surface area contributed by atoms with Crippen molar-refractivity contribution in [1.82, 2.24) is 5.32 Å². The minimum absolute atomic E-state index is 0.159. The Morgan fingerprint density at radius 3 is 1.42 bits per heavy atom. The third kappa shape index (κ3) is 29.3. The maximum Gasteiger partial charge on any atom is 0.220 e. The molecule has 0 bridgehead atoms. The lowest BCUT2D eigenvalue weighted by atomic mass is 10.0. The molecule has 0 aliphatic carbocycles. The van der Waals surface area contributed by atoms with E-state index in [1.54, 1.807) is 0 Å². The Bertz CT molecular complexity index is 635. The molecule has 0 aromatic rings. The number of aliphatic hydroxyl groups is 3. The minimum atomic E-state index is -1.16. The topological polar surface area (TPSA) is 89.8 Å². The van der Waals surface area contributed by atoms with E-state index in [1.807, 2.05) is 0 Å². The van der Waals surface area contributed by atoms with Gasteiger partial charge in [-0.15, -0.1) is 0 Å². The summed E-state index contributed by atoms with van der Waals surface area (Å²) in [6, 6.07) is -0.826. The van der Waals surface area contributed by atoms with E-state index in [9.17, 15) is 20.1 Å². The fraction of sp³-hybridized carbons (Fsp3) is 0.868. The first-order valence-electron chi connectivity index (χ1n) is 18.6. The van der Waals surface area contributed by atoms with Crippen molar-refractivity contribution in [1.29, 1.82) is 0 Å². The van der Waals surface area contributed by atoms with Gasteiger partial charge in [0.1, 0.15) is 6.10 Å². The molecule has 1 amide bonds. The highest BCUT2D eigenvalue weighted by atomic mass is 16.3. The summed E-state index contributed by atoms with van der Waals surface area (Å²) in [5.74, 6) is -0.159. The smallest absolute Gasteiger partial charge is 0.220 e. The maximum atomic E-state index is 12.3. The number of allylic oxidation sites excluding steroid dienone is 4. The summed E-state index contributed by atoms with van der Waals surface area (Å²) in [6.45, 7) is 4.13. The number of unbranched alkanes of at least 4 members (excludes halogenated alkanes) is 21. The molecule has 254 valence electrons. The van der Waals surface area contributed by atoms with Crippen LogP contribution in [0.3, 0.4) is 0 Å². The zero-order chi connectivity index (χ0) is 31.6. The van der Waals surface area contributed by atoms with Gasteiger partial charge in [-0.3, -0.25) is 4.79 Å². The fourth-order valence-electron chi connectivity index (χ4n) is 5.59. The normalized spacial score (nSPS) is 14.1. The number of amides is 1. The van der Waals surface area contributed by atoms with Crippen molar-refractivity contribution < 1.29 is 20.1 Å². The minimum Gasteiger partial charge on any atom is -0.394 e. The van der Waals surface area contributed by atoms with Crippen molar-refractivity contribution in [2.75, 3.05) is 6.61 Å². The van der Waals surface area contributed by atoms with Crippen molar-refractivity contribution >= 4 is 5.91 Å². The number of hydrogen-bond donors (Lipinski definition) is 4. The second-order valence-corrected chi connectivity index (χ2v) is 12.8. The van der Waals surface area contributed by atoms with Gasteiger partial charge in [0.25, 0.3) is 0 Å². The van der Waals surface area contributed by atoms with E-state index < -0.39 is 18.2 Å². The molecule has 0 fully saturated rings. The van der Waals surface area contributed by atoms with E-state index in [0.29, 0.717) is 12.8 Å². The average Bonchev–Trinajstić information content (AvgIpc) is 3.01. The van der Waals surface area contributed by atoms with Crippen molar-refractivity contribution in [3.05, 3.63) is 24.3 Å². The molecule has 0 aromatic carbocycles. The molecule has 0 rings (SSSR count). The summed E-state index contributed by atoms with van der Waals surface area (Å²) in [5, 5.41) is 33.3. The summed E-state index contributed by atoms with van der Waals surface area (Å²) >= 11 is 0. The molecule has 3 atom stereocenters. The van der Waals surface area contributed by atoms with Gasteiger partial charge in [-0.1, -0.05) is 154 Å². The van der Waals surface area contributed by atoms with Gasteiger partial charge in [0.15, 0.2) is 0 Å². The van der Waals surface area contributed by atoms with Crippen LogP contribution in [0.1, 0.15) is 187 Å². The van der Waals surface area contributed by atoms with Crippen LogP contribution in [0, 0.1) is 0 Å². The number of aliphatic hydroxyl groups excluding tert-OH is 3. The quantitative estimate of drug-likeness (QED) is 0.0441. The Hall–Kier alpha value is -1.17. The summed E-state index contributed by atoms with van der Waals surface area (Å²) in [4.78, 5) is 12.3. The van der Waals surface area contributed by atoms with Gasteiger partial charge in [0, 0.05) is 6.42 Å². The third-order valence-electron chi connectivity index (χ3n) is 8.54. The third-order valence-corrected chi connectivity index (χ3v) is 8.54. The molecule has 4 N–H and O–H groups in total. The second kappa shape index (κ2) is 33.7. The molecule has 5 nitrogen and oxygen atoms in total. The van der Waals surface area contributed by atoms with Crippen LogP contribution in [0.15, 0.2) is 24.3 Å². The molecule has 0 saturated heterocycles. The molecule has 43 heavy (non-hydrogen) atoms. The number of carbonyl (C=O) groups excluding carboxylic acids is 1. The van der Waals surface area contributed by atoms with Crippen LogP contribution in [0.25, 0.3) is 0 Å². The molecule has 5 heteroatoms. The van der Waals surface area contributed by atoms with Crippen LogP contribution in [-0.4, -0.2) is 46.1 Å². The molecule has 0 saturated carbocycles. The predicted molar refractivity (Wildman–Crippen MR) is 185 cm³/mol. The van der Waals surface area contributed by atoms with Gasteiger partial charge in [0.05, 0.1) is 18.8 Å². The molecule has 0 aliphatic rings. The lowest BCUT2D eigenvalue weighted by Crippen LogP contribution is -2.50. The molecule has 0 aromatic heterocycles. The van der Waals surface area contributed by atoms with Crippen molar-refractivity contribution in [2.24, 2.45) is 0 Å². The standard InChI is InChI=1S/C38H73NO4/c1-3-5-7-9-11-13-15-17-18-19-21-23-25-27-29-31-33-37(42)39-35(34-40)38(43)36(41)32-30-28-26-24-22-20-16-14-12-10-8-6-4-2/h14,16,24,26,35-36,38,40-41,43H,3-13,15,17-23,25,27-34H2,1-2H3,(H,39,42)/b16-14+,26-24+. The first kappa shape index (κ1) is 41.8. The maximum absolute atomic E-state index is 12.3. The highest BCUT2D eigenvalue weighted by molar-refractivity contribution is 5.76. The van der Waals surface area contributed by atoms with Gasteiger partial charge in [-0.25, -0.2) is 0 Å². The Labute approximate surface area is 267 Å². The average molecular weight is 608 g/mol. The van der Waals surface area contributed by atoms with Crippen molar-refractivity contribution in [3.63, 3.8) is 0 Å². The molecular weight excluding hydrogens is 534 g/mol. The van der Waals surface area contributed by atoms with Crippen molar-refractivity contribution in [3.8, 4) is 0 Å². The molecule has 0 spiro atoms. The van der Waals surface area contributed by atoms with E-state index in [4.69, 9.17) is 0 Å². The van der Waals surface area contributed by atoms with Crippen LogP contribution < -0.4 is 5.32 Å². The predicted octanol–water partition coefficient (Wildman–Crippen LogP) is 9.87. The lowest BCUT2D eigenvalue weighted by molar-refractivity contribution is -0.124. The molecule has 0 heterocycles. The lowest BCUT2D eigenvalue weighted by Gasteiger charge is -2.26. The van der Waals surface area contributed by atoms with Gasteiger partial charge >= 0.3 is 0 Å². The molecular formula is C38H73NO4. The number of hydrogen-bond acceptors (Lipinski definition) is 4. The Morgan fingerprint density at radius 1 is 0.558 bits per heavy atom. The van der Waals surface area contributed by atoms with Gasteiger partial charge in [-0.05, 0) is 51.4 Å². The van der Waals surface area contributed by atoms with Crippen LogP contribution in [0.2, 0.25) is 0 Å². The fourth-order valence-corrected chi connectivity index (χ4v) is 5.59. The first-order chi connectivity index (χ1) is 21.1. The number of rotatable bonds is 33. The highest BCUT2D eigenvalue weighted by Crippen LogP contribution is 2.15.